The Kier molecular flexibility index (Phi) is 7.58. The molecule has 57 heavy (non-hydrogen) atoms. The Morgan fingerprint density at radius 3 is 2.05 bits per heavy atom. The van der Waals surface area contributed by atoms with Crippen molar-refractivity contribution in [1.82, 2.24) is 15.2 Å². The standard InChI is InChI=1S/C51H36N4S2/c1-3-14-31(15-4-1)49-52-50(32-16-5-2-6-17-32)54-51(53-49)40-24-12-22-39-41-30-33(28-29-45(41)56-47(39)40)34-20-11-21-37-38-23-13-27-44(48(38)57-46(34)37)55-42-25-9-7-18-35(42)36-19-8-10-26-43(36)55/h1-11,13-23,25-30,49,51,53H,12,24H2,(H,52,54). The van der Waals surface area contributed by atoms with Crippen LogP contribution in [0.15, 0.2) is 169 Å². The first kappa shape index (κ1) is 32.9. The van der Waals surface area contributed by atoms with E-state index in [9.17, 15) is 0 Å². The Hall–Kier alpha value is -6.31. The fraction of sp³-hybridized carbons (Fsp3) is 0.0784. The van der Waals surface area contributed by atoms with Gasteiger partial charge in [0.05, 0.1) is 21.4 Å². The minimum atomic E-state index is -0.136. The third kappa shape index (κ3) is 5.25. The molecule has 1 aliphatic carbocycles. The smallest absolute Gasteiger partial charge is 0.131 e. The average molecular weight is 769 g/mol. The number of amidine groups is 1. The van der Waals surface area contributed by atoms with Crippen molar-refractivity contribution in [3.8, 4) is 16.8 Å². The molecule has 2 unspecified atom stereocenters. The number of hydrogen-bond donors (Lipinski definition) is 2. The van der Waals surface area contributed by atoms with Crippen molar-refractivity contribution in [3.05, 3.63) is 185 Å². The van der Waals surface area contributed by atoms with Crippen LogP contribution in [0, 0.1) is 0 Å². The largest absolute Gasteiger partial charge is 0.350 e. The van der Waals surface area contributed by atoms with E-state index in [-0.39, 0.29) is 12.3 Å². The van der Waals surface area contributed by atoms with Crippen LogP contribution in [0.3, 0.4) is 0 Å². The summed E-state index contributed by atoms with van der Waals surface area (Å²) >= 11 is 3.83. The lowest BCUT2D eigenvalue weighted by Crippen LogP contribution is -2.50. The molecule has 0 spiro atoms. The summed E-state index contributed by atoms with van der Waals surface area (Å²) in [7, 11) is 0. The summed E-state index contributed by atoms with van der Waals surface area (Å²) in [5.41, 5.74) is 9.92. The molecule has 0 radical (unpaired) electrons. The van der Waals surface area contributed by atoms with Gasteiger partial charge in [-0.05, 0) is 70.7 Å². The van der Waals surface area contributed by atoms with Gasteiger partial charge in [0.1, 0.15) is 18.2 Å². The number of nitrogens with one attached hydrogen (secondary N) is 2. The molecule has 2 atom stereocenters. The van der Waals surface area contributed by atoms with Crippen molar-refractivity contribution in [2.75, 3.05) is 0 Å². The second kappa shape index (κ2) is 13.1. The van der Waals surface area contributed by atoms with Gasteiger partial charge in [-0.3, -0.25) is 5.32 Å². The van der Waals surface area contributed by atoms with Gasteiger partial charge in [-0.2, -0.15) is 0 Å². The number of benzene rings is 7. The summed E-state index contributed by atoms with van der Waals surface area (Å²) in [5, 5.41) is 15.4. The van der Waals surface area contributed by atoms with Gasteiger partial charge in [-0.15, -0.1) is 22.7 Å². The Balaban J connectivity index is 1.00. The fourth-order valence-electron chi connectivity index (χ4n) is 9.16. The molecule has 4 heterocycles. The molecule has 0 saturated heterocycles. The molecular formula is C51H36N4S2. The van der Waals surface area contributed by atoms with E-state index in [2.05, 4.69) is 185 Å². The quantitative estimate of drug-likeness (QED) is 0.183. The summed E-state index contributed by atoms with van der Waals surface area (Å²) < 4.78 is 7.77. The molecular weight excluding hydrogens is 733 g/mol. The topological polar surface area (TPSA) is 41.4 Å². The number of rotatable bonds is 5. The minimum absolute atomic E-state index is 0.0518. The zero-order valence-corrected chi connectivity index (χ0v) is 32.6. The molecule has 3 aromatic heterocycles. The maximum absolute atomic E-state index is 5.35. The highest BCUT2D eigenvalue weighted by Gasteiger charge is 2.28. The van der Waals surface area contributed by atoms with Crippen LogP contribution in [0.2, 0.25) is 0 Å². The molecule has 0 fully saturated rings. The first-order chi connectivity index (χ1) is 28.3. The highest BCUT2D eigenvalue weighted by molar-refractivity contribution is 7.26. The Bertz CT molecular complexity index is 3320. The summed E-state index contributed by atoms with van der Waals surface area (Å²) in [6, 6.07) is 59.5. The van der Waals surface area contributed by atoms with E-state index >= 15 is 0 Å². The van der Waals surface area contributed by atoms with Crippen LogP contribution in [0.5, 0.6) is 0 Å². The molecule has 12 rings (SSSR count). The van der Waals surface area contributed by atoms with Crippen molar-refractivity contribution in [2.24, 2.45) is 4.99 Å². The van der Waals surface area contributed by atoms with Gasteiger partial charge < -0.3 is 9.88 Å². The SMILES string of the molecule is C1=c2c(sc3ccc(-c4cccc5c4sc4c(-n6c7ccccc7c7ccccc76)cccc45)cc23)=C(C2N=C(c3ccccc3)NC(c3ccccc3)N2)CC1. The summed E-state index contributed by atoms with van der Waals surface area (Å²) in [5.74, 6) is 0.929. The lowest BCUT2D eigenvalue weighted by atomic mass is 9.97. The van der Waals surface area contributed by atoms with Crippen molar-refractivity contribution < 1.29 is 0 Å². The van der Waals surface area contributed by atoms with Gasteiger partial charge in [-0.25, -0.2) is 4.99 Å². The van der Waals surface area contributed by atoms with E-state index in [0.717, 1.165) is 24.2 Å². The van der Waals surface area contributed by atoms with Crippen molar-refractivity contribution in [2.45, 2.75) is 25.2 Å². The maximum Gasteiger partial charge on any atom is 0.131 e. The maximum atomic E-state index is 5.35. The molecule has 6 heteroatoms. The van der Waals surface area contributed by atoms with Crippen LogP contribution >= 0.6 is 22.7 Å². The zero-order chi connectivity index (χ0) is 37.5. The van der Waals surface area contributed by atoms with E-state index in [0.29, 0.717) is 0 Å². The zero-order valence-electron chi connectivity index (χ0n) is 30.9. The van der Waals surface area contributed by atoms with Crippen LogP contribution < -0.4 is 20.4 Å². The van der Waals surface area contributed by atoms with Crippen molar-refractivity contribution in [3.63, 3.8) is 0 Å². The highest BCUT2D eigenvalue weighted by Crippen LogP contribution is 2.44. The van der Waals surface area contributed by atoms with Gasteiger partial charge in [0.2, 0.25) is 0 Å². The van der Waals surface area contributed by atoms with Crippen LogP contribution in [-0.2, 0) is 0 Å². The fourth-order valence-corrected chi connectivity index (χ4v) is 11.8. The van der Waals surface area contributed by atoms with Gasteiger partial charge in [-0.1, -0.05) is 140 Å². The molecule has 10 aromatic rings. The van der Waals surface area contributed by atoms with Crippen LogP contribution in [-0.4, -0.2) is 16.6 Å². The molecule has 0 amide bonds. The van der Waals surface area contributed by atoms with Crippen molar-refractivity contribution in [1.29, 1.82) is 0 Å². The van der Waals surface area contributed by atoms with E-state index in [1.807, 2.05) is 22.7 Å². The van der Waals surface area contributed by atoms with E-state index in [1.165, 1.54) is 89.8 Å². The van der Waals surface area contributed by atoms with Crippen LogP contribution in [0.1, 0.15) is 30.1 Å². The molecule has 2 N–H and O–H groups in total. The summed E-state index contributed by atoms with van der Waals surface area (Å²) in [6.45, 7) is 0. The Morgan fingerprint density at radius 2 is 1.26 bits per heavy atom. The monoisotopic (exact) mass is 768 g/mol. The number of aromatic nitrogens is 1. The lowest BCUT2D eigenvalue weighted by molar-refractivity contribution is 0.444. The third-order valence-corrected chi connectivity index (χ3v) is 14.3. The molecule has 0 bridgehead atoms. The van der Waals surface area contributed by atoms with Crippen LogP contribution in [0.4, 0.5) is 0 Å². The number of thiophene rings is 2. The lowest BCUT2D eigenvalue weighted by Gasteiger charge is -2.33. The normalized spacial score (nSPS) is 16.9. The number of aliphatic imine (C=N–C) groups is 1. The molecule has 272 valence electrons. The summed E-state index contributed by atoms with van der Waals surface area (Å²) in [6.07, 6.45) is 4.24. The molecule has 4 nitrogen and oxygen atoms in total. The Labute approximate surface area is 337 Å². The number of nitrogens with zero attached hydrogens (tertiary/aromatic N) is 2. The predicted octanol–water partition coefficient (Wildman–Crippen LogP) is 11.4. The molecule has 2 aliphatic rings. The van der Waals surface area contributed by atoms with Gasteiger partial charge in [0.15, 0.2) is 0 Å². The average Bonchev–Trinajstić information content (AvgIpc) is 3.96. The number of fused-ring (bicyclic) bond motifs is 9. The second-order valence-electron chi connectivity index (χ2n) is 15.0. The molecule has 7 aromatic carbocycles. The summed E-state index contributed by atoms with van der Waals surface area (Å²) in [4.78, 5) is 5.35. The first-order valence-electron chi connectivity index (χ1n) is 19.7. The van der Waals surface area contributed by atoms with Crippen LogP contribution in [0.25, 0.3) is 80.5 Å². The van der Waals surface area contributed by atoms with Crippen molar-refractivity contribution >= 4 is 92.2 Å². The minimum Gasteiger partial charge on any atom is -0.350 e. The third-order valence-electron chi connectivity index (χ3n) is 11.8. The Morgan fingerprint density at radius 1 is 0.579 bits per heavy atom. The van der Waals surface area contributed by atoms with E-state index in [4.69, 9.17) is 4.99 Å². The highest BCUT2D eigenvalue weighted by atomic mass is 32.1. The van der Waals surface area contributed by atoms with Gasteiger partial charge in [0.25, 0.3) is 0 Å². The van der Waals surface area contributed by atoms with Gasteiger partial charge >= 0.3 is 0 Å². The van der Waals surface area contributed by atoms with E-state index in [1.54, 1.807) is 0 Å². The number of hydrogen-bond acceptors (Lipinski definition) is 5. The molecule has 1 aliphatic heterocycles. The van der Waals surface area contributed by atoms with E-state index < -0.39 is 0 Å². The number of para-hydroxylation sites is 2. The molecule has 0 saturated carbocycles. The first-order valence-corrected chi connectivity index (χ1v) is 21.3. The van der Waals surface area contributed by atoms with Gasteiger partial charge in [0, 0.05) is 46.4 Å². The predicted molar refractivity (Wildman–Crippen MR) is 243 cm³/mol. The second-order valence-corrected chi connectivity index (χ2v) is 17.1.